The van der Waals surface area contributed by atoms with Crippen LogP contribution in [-0.2, 0) is 4.84 Å². The van der Waals surface area contributed by atoms with Crippen molar-refractivity contribution in [2.75, 3.05) is 20.2 Å². The van der Waals surface area contributed by atoms with E-state index in [1.165, 1.54) is 25.3 Å². The summed E-state index contributed by atoms with van der Waals surface area (Å²) < 4.78 is 10.6. The highest BCUT2D eigenvalue weighted by Gasteiger charge is 2.28. The summed E-state index contributed by atoms with van der Waals surface area (Å²) in [6.45, 7) is 6.75. The molecule has 0 bridgehead atoms. The van der Waals surface area contributed by atoms with Gasteiger partial charge in [-0.15, -0.1) is 0 Å². The Labute approximate surface area is 142 Å². The molecule has 1 aromatic carbocycles. The zero-order chi connectivity index (χ0) is 17.7. The van der Waals surface area contributed by atoms with Crippen LogP contribution in [0.3, 0.4) is 0 Å². The fraction of sp³-hybridized carbons (Fsp3) is 0.588. The van der Waals surface area contributed by atoms with Crippen molar-refractivity contribution in [1.82, 2.24) is 4.90 Å². The maximum absolute atomic E-state index is 12.2. The third kappa shape index (κ3) is 4.84. The van der Waals surface area contributed by atoms with Crippen LogP contribution in [0.1, 0.15) is 40.0 Å². The van der Waals surface area contributed by atoms with Crippen molar-refractivity contribution < 1.29 is 24.0 Å². The number of piperidine rings is 1. The van der Waals surface area contributed by atoms with Gasteiger partial charge in [-0.2, -0.15) is 0 Å². The van der Waals surface area contributed by atoms with Gasteiger partial charge < -0.3 is 14.4 Å². The number of hydrogen-bond acceptors (Lipinski definition) is 5. The SMILES string of the molecule is COc1cc([N+](=O)OC(C)(C)C)ccc1OC(=O)N1CCCCC1. The van der Waals surface area contributed by atoms with Crippen LogP contribution in [0.25, 0.3) is 0 Å². The van der Waals surface area contributed by atoms with E-state index in [1.54, 1.807) is 25.7 Å². The minimum absolute atomic E-state index is 0.263. The van der Waals surface area contributed by atoms with Gasteiger partial charge in [0.1, 0.15) is 0 Å². The maximum atomic E-state index is 12.2. The minimum atomic E-state index is -0.617. The predicted octanol–water partition coefficient (Wildman–Crippen LogP) is 3.82. The lowest BCUT2D eigenvalue weighted by Gasteiger charge is -2.25. The zero-order valence-corrected chi connectivity index (χ0v) is 14.7. The van der Waals surface area contributed by atoms with Crippen molar-refractivity contribution in [2.45, 2.75) is 45.6 Å². The molecule has 0 radical (unpaired) electrons. The molecule has 7 heteroatoms. The average molecular weight is 337 g/mol. The molecule has 1 saturated heterocycles. The molecule has 0 atom stereocenters. The van der Waals surface area contributed by atoms with Gasteiger partial charge in [-0.1, -0.05) is 0 Å². The first-order valence-electron chi connectivity index (χ1n) is 8.11. The van der Waals surface area contributed by atoms with E-state index in [1.807, 2.05) is 0 Å². The lowest BCUT2D eigenvalue weighted by atomic mass is 10.1. The normalized spacial score (nSPS) is 14.9. The van der Waals surface area contributed by atoms with E-state index in [4.69, 9.17) is 14.3 Å². The monoisotopic (exact) mass is 337 g/mol. The second kappa shape index (κ2) is 7.51. The molecule has 1 amide bonds. The summed E-state index contributed by atoms with van der Waals surface area (Å²) in [7, 11) is 1.46. The fourth-order valence-corrected chi connectivity index (χ4v) is 2.39. The average Bonchev–Trinajstić information content (AvgIpc) is 2.54. The van der Waals surface area contributed by atoms with E-state index < -0.39 is 11.7 Å². The summed E-state index contributed by atoms with van der Waals surface area (Å²) >= 11 is 0. The molecule has 0 saturated carbocycles. The molecule has 0 spiro atoms. The summed E-state index contributed by atoms with van der Waals surface area (Å²) in [6.07, 6.45) is 2.71. The van der Waals surface area contributed by atoms with Gasteiger partial charge in [0.2, 0.25) is 0 Å². The van der Waals surface area contributed by atoms with Crippen LogP contribution in [0.5, 0.6) is 11.5 Å². The Bertz CT molecular complexity index is 603. The number of rotatable bonds is 4. The number of likely N-dealkylation sites (tertiary alicyclic amines) is 1. The minimum Gasteiger partial charge on any atom is -0.493 e. The smallest absolute Gasteiger partial charge is 0.415 e. The zero-order valence-electron chi connectivity index (χ0n) is 14.7. The largest absolute Gasteiger partial charge is 0.493 e. The van der Waals surface area contributed by atoms with Crippen LogP contribution >= 0.6 is 0 Å². The molecule has 1 aliphatic heterocycles. The van der Waals surface area contributed by atoms with Crippen molar-refractivity contribution in [2.24, 2.45) is 0 Å². The molecule has 1 heterocycles. The van der Waals surface area contributed by atoms with Crippen molar-refractivity contribution >= 4 is 11.8 Å². The fourth-order valence-electron chi connectivity index (χ4n) is 2.39. The molecule has 0 N–H and O–H groups in total. The molecule has 7 nitrogen and oxygen atoms in total. The maximum Gasteiger partial charge on any atom is 0.415 e. The summed E-state index contributed by atoms with van der Waals surface area (Å²) in [6, 6.07) is 4.55. The number of benzene rings is 1. The first-order chi connectivity index (χ1) is 11.3. The van der Waals surface area contributed by atoms with Gasteiger partial charge in [-0.05, 0) is 46.1 Å². The quantitative estimate of drug-likeness (QED) is 0.781. The Morgan fingerprint density at radius 3 is 2.38 bits per heavy atom. The van der Waals surface area contributed by atoms with E-state index in [-0.39, 0.29) is 11.4 Å². The lowest BCUT2D eigenvalue weighted by molar-refractivity contribution is -0.766. The Balaban J connectivity index is 2.11. The van der Waals surface area contributed by atoms with E-state index in [2.05, 4.69) is 0 Å². The van der Waals surface area contributed by atoms with Crippen LogP contribution < -0.4 is 9.47 Å². The molecular formula is C17H25N2O5+. The third-order valence-electron chi connectivity index (χ3n) is 3.53. The lowest BCUT2D eigenvalue weighted by Crippen LogP contribution is -2.37. The predicted molar refractivity (Wildman–Crippen MR) is 88.6 cm³/mol. The highest BCUT2D eigenvalue weighted by Crippen LogP contribution is 2.32. The van der Waals surface area contributed by atoms with Gasteiger partial charge in [0.05, 0.1) is 18.1 Å². The Kier molecular flexibility index (Phi) is 5.64. The van der Waals surface area contributed by atoms with E-state index in [0.717, 1.165) is 19.3 Å². The highest BCUT2D eigenvalue weighted by atomic mass is 16.8. The van der Waals surface area contributed by atoms with Gasteiger partial charge in [0, 0.05) is 19.2 Å². The number of methoxy groups -OCH3 is 1. The number of nitrogens with zero attached hydrogens (tertiary/aromatic N) is 2. The Morgan fingerprint density at radius 2 is 1.79 bits per heavy atom. The van der Waals surface area contributed by atoms with Gasteiger partial charge in [-0.3, -0.25) is 0 Å². The summed E-state index contributed by atoms with van der Waals surface area (Å²) in [4.78, 5) is 31.6. The van der Waals surface area contributed by atoms with Crippen LogP contribution in [0.4, 0.5) is 10.5 Å². The molecule has 0 unspecified atom stereocenters. The summed E-state index contributed by atoms with van der Waals surface area (Å²) in [5.41, 5.74) is -0.353. The van der Waals surface area contributed by atoms with Crippen molar-refractivity contribution in [3.8, 4) is 11.5 Å². The van der Waals surface area contributed by atoms with E-state index in [9.17, 15) is 9.70 Å². The standard InChI is InChI=1S/C17H25N2O5/c1-17(2,3)24-19(21)13-8-9-14(15(12-13)22-4)23-16(20)18-10-6-5-7-11-18/h8-9,12H,5-7,10-11H2,1-4H3/q+1. The molecule has 0 aromatic heterocycles. The molecule has 132 valence electrons. The Morgan fingerprint density at radius 1 is 1.12 bits per heavy atom. The second-order valence-electron chi connectivity index (χ2n) is 6.71. The first-order valence-corrected chi connectivity index (χ1v) is 8.11. The van der Waals surface area contributed by atoms with Crippen molar-refractivity contribution in [3.05, 3.63) is 23.1 Å². The third-order valence-corrected chi connectivity index (χ3v) is 3.53. The molecule has 2 rings (SSSR count). The van der Waals surface area contributed by atoms with Gasteiger partial charge in [0.25, 0.3) is 4.92 Å². The first kappa shape index (κ1) is 18.0. The van der Waals surface area contributed by atoms with E-state index in [0.29, 0.717) is 23.8 Å². The number of hydrogen-bond donors (Lipinski definition) is 0. The van der Waals surface area contributed by atoms with Gasteiger partial charge >= 0.3 is 11.8 Å². The van der Waals surface area contributed by atoms with Crippen LogP contribution in [0.2, 0.25) is 0 Å². The number of ether oxygens (including phenoxy) is 2. The summed E-state index contributed by atoms with van der Waals surface area (Å²) in [5, 5.41) is 0. The Hall–Kier alpha value is -2.31. The molecular weight excluding hydrogens is 312 g/mol. The molecule has 1 fully saturated rings. The number of carbonyl (C=O) groups excluding carboxylic acids is 1. The highest BCUT2D eigenvalue weighted by molar-refractivity contribution is 5.72. The van der Waals surface area contributed by atoms with Gasteiger partial charge in [0.15, 0.2) is 17.1 Å². The molecule has 1 aromatic rings. The molecule has 24 heavy (non-hydrogen) atoms. The van der Waals surface area contributed by atoms with E-state index >= 15 is 0 Å². The number of carbonyl (C=O) groups is 1. The summed E-state index contributed by atoms with van der Waals surface area (Å²) in [5.74, 6) is 0.581. The second-order valence-corrected chi connectivity index (χ2v) is 6.71. The molecule has 1 aliphatic rings. The van der Waals surface area contributed by atoms with Gasteiger partial charge in [-0.25, -0.2) is 9.63 Å². The molecule has 0 aliphatic carbocycles. The van der Waals surface area contributed by atoms with Crippen molar-refractivity contribution in [1.29, 1.82) is 0 Å². The van der Waals surface area contributed by atoms with Crippen LogP contribution in [0.15, 0.2) is 18.2 Å². The number of amides is 1. The van der Waals surface area contributed by atoms with Crippen LogP contribution in [-0.4, -0.2) is 41.7 Å². The van der Waals surface area contributed by atoms with Crippen molar-refractivity contribution in [3.63, 3.8) is 0 Å². The topological polar surface area (TPSA) is 68.1 Å². The van der Waals surface area contributed by atoms with Crippen LogP contribution in [0, 0.1) is 4.91 Å².